The number of nitrogens with zero attached hydrogens (tertiary/aromatic N) is 1. The molecule has 1 aromatic carbocycles. The van der Waals surface area contributed by atoms with Gasteiger partial charge in [-0.05, 0) is 57.0 Å². The molecule has 20 heavy (non-hydrogen) atoms. The van der Waals surface area contributed by atoms with E-state index < -0.39 is 11.7 Å². The van der Waals surface area contributed by atoms with Gasteiger partial charge < -0.3 is 10.6 Å². The van der Waals surface area contributed by atoms with Crippen LogP contribution in [0.1, 0.15) is 36.3 Å². The van der Waals surface area contributed by atoms with Gasteiger partial charge in [-0.25, -0.2) is 0 Å². The third-order valence-corrected chi connectivity index (χ3v) is 4.24. The molecule has 5 heteroatoms. The molecule has 3 unspecified atom stereocenters. The molecule has 112 valence electrons. The first kappa shape index (κ1) is 15.3. The Kier molecular flexibility index (Phi) is 4.39. The molecule has 2 rings (SSSR count). The Labute approximate surface area is 117 Å². The van der Waals surface area contributed by atoms with Gasteiger partial charge in [0.25, 0.3) is 0 Å². The molecule has 0 spiro atoms. The van der Waals surface area contributed by atoms with E-state index >= 15 is 0 Å². The maximum atomic E-state index is 12.6. The lowest BCUT2D eigenvalue weighted by molar-refractivity contribution is -0.137. The van der Waals surface area contributed by atoms with E-state index in [4.69, 9.17) is 5.73 Å². The topological polar surface area (TPSA) is 29.3 Å². The van der Waals surface area contributed by atoms with Crippen LogP contribution < -0.4 is 5.73 Å². The summed E-state index contributed by atoms with van der Waals surface area (Å²) < 4.78 is 37.7. The minimum absolute atomic E-state index is 0.149. The van der Waals surface area contributed by atoms with Gasteiger partial charge in [0.15, 0.2) is 0 Å². The Bertz CT molecular complexity index is 439. The molecule has 0 bridgehead atoms. The maximum absolute atomic E-state index is 12.6. The second-order valence-corrected chi connectivity index (χ2v) is 5.82. The molecule has 1 saturated carbocycles. The van der Waals surface area contributed by atoms with Crippen LogP contribution in [0, 0.1) is 0 Å². The Morgan fingerprint density at radius 1 is 1.10 bits per heavy atom. The van der Waals surface area contributed by atoms with Gasteiger partial charge in [0.1, 0.15) is 0 Å². The van der Waals surface area contributed by atoms with Crippen molar-refractivity contribution >= 4 is 0 Å². The molecular formula is C15H21F3N2. The molecule has 0 amide bonds. The van der Waals surface area contributed by atoms with Gasteiger partial charge >= 0.3 is 6.18 Å². The molecule has 1 aromatic rings. The fourth-order valence-corrected chi connectivity index (χ4v) is 3.01. The normalized spacial score (nSPS) is 27.9. The highest BCUT2D eigenvalue weighted by molar-refractivity contribution is 5.27. The van der Waals surface area contributed by atoms with Gasteiger partial charge in [-0.15, -0.1) is 0 Å². The quantitative estimate of drug-likeness (QED) is 0.904. The summed E-state index contributed by atoms with van der Waals surface area (Å²) >= 11 is 0. The van der Waals surface area contributed by atoms with Crippen molar-refractivity contribution < 1.29 is 13.2 Å². The lowest BCUT2D eigenvalue weighted by atomic mass is 9.78. The van der Waals surface area contributed by atoms with Crippen LogP contribution in [-0.4, -0.2) is 31.1 Å². The summed E-state index contributed by atoms with van der Waals surface area (Å²) in [5.41, 5.74) is 6.51. The number of hydrogen-bond acceptors (Lipinski definition) is 2. The number of benzene rings is 1. The highest BCUT2D eigenvalue weighted by Gasteiger charge is 2.32. The summed E-state index contributed by atoms with van der Waals surface area (Å²) in [5, 5.41) is 0. The van der Waals surface area contributed by atoms with Gasteiger partial charge in [-0.1, -0.05) is 12.1 Å². The largest absolute Gasteiger partial charge is 0.416 e. The summed E-state index contributed by atoms with van der Waals surface area (Å²) in [6.45, 7) is 0. The Morgan fingerprint density at radius 2 is 1.70 bits per heavy atom. The van der Waals surface area contributed by atoms with E-state index in [1.165, 1.54) is 12.1 Å². The molecular weight excluding hydrogens is 265 g/mol. The molecule has 0 heterocycles. The third kappa shape index (κ3) is 3.33. The molecule has 0 aliphatic heterocycles. The van der Waals surface area contributed by atoms with Gasteiger partial charge in [-0.3, -0.25) is 0 Å². The molecule has 1 aliphatic rings. The van der Waals surface area contributed by atoms with Crippen LogP contribution in [0.25, 0.3) is 0 Å². The van der Waals surface area contributed by atoms with Crippen LogP contribution in [0.4, 0.5) is 13.2 Å². The van der Waals surface area contributed by atoms with E-state index in [9.17, 15) is 13.2 Å². The second kappa shape index (κ2) is 5.74. The first-order valence-electron chi connectivity index (χ1n) is 6.88. The molecule has 2 N–H and O–H groups in total. The Balaban J connectivity index is 2.12. The van der Waals surface area contributed by atoms with Crippen molar-refractivity contribution in [2.45, 2.75) is 43.4 Å². The molecule has 1 aliphatic carbocycles. The zero-order valence-electron chi connectivity index (χ0n) is 11.8. The Morgan fingerprint density at radius 3 is 2.20 bits per heavy atom. The molecule has 0 saturated heterocycles. The average Bonchev–Trinajstić information content (AvgIpc) is 2.38. The lowest BCUT2D eigenvalue weighted by Gasteiger charge is -2.38. The first-order valence-corrected chi connectivity index (χ1v) is 6.88. The summed E-state index contributed by atoms with van der Waals surface area (Å²) in [6, 6.07) is 6.00. The monoisotopic (exact) mass is 286 g/mol. The van der Waals surface area contributed by atoms with Crippen LogP contribution >= 0.6 is 0 Å². The van der Waals surface area contributed by atoms with E-state index in [2.05, 4.69) is 4.90 Å². The minimum Gasteiger partial charge on any atom is -0.326 e. The number of alkyl halides is 3. The SMILES string of the molecule is CN(C)C1CC(c2ccc(C(F)(F)F)cc2)CCC1N. The predicted molar refractivity (Wildman–Crippen MR) is 73.5 cm³/mol. The summed E-state index contributed by atoms with van der Waals surface area (Å²) in [6.07, 6.45) is -1.51. The van der Waals surface area contributed by atoms with Gasteiger partial charge in [-0.2, -0.15) is 13.2 Å². The summed E-state index contributed by atoms with van der Waals surface area (Å²) in [4.78, 5) is 2.11. The fourth-order valence-electron chi connectivity index (χ4n) is 3.01. The van der Waals surface area contributed by atoms with Gasteiger partial charge in [0.05, 0.1) is 5.56 Å². The molecule has 2 nitrogen and oxygen atoms in total. The summed E-state index contributed by atoms with van der Waals surface area (Å²) in [7, 11) is 4.00. The van der Waals surface area contributed by atoms with E-state index in [1.54, 1.807) is 12.1 Å². The zero-order chi connectivity index (χ0) is 14.9. The molecule has 0 aromatic heterocycles. The molecule has 0 radical (unpaired) electrons. The fraction of sp³-hybridized carbons (Fsp3) is 0.600. The van der Waals surface area contributed by atoms with Crippen molar-refractivity contribution in [2.75, 3.05) is 14.1 Å². The number of hydrogen-bond donors (Lipinski definition) is 1. The van der Waals surface area contributed by atoms with Crippen molar-refractivity contribution in [3.63, 3.8) is 0 Å². The van der Waals surface area contributed by atoms with Crippen LogP contribution in [0.5, 0.6) is 0 Å². The van der Waals surface area contributed by atoms with Crippen molar-refractivity contribution in [2.24, 2.45) is 5.73 Å². The minimum atomic E-state index is -4.26. The third-order valence-electron chi connectivity index (χ3n) is 4.24. The van der Waals surface area contributed by atoms with Crippen molar-refractivity contribution in [3.8, 4) is 0 Å². The van der Waals surface area contributed by atoms with E-state index in [1.807, 2.05) is 14.1 Å². The predicted octanol–water partition coefficient (Wildman–Crippen LogP) is 3.23. The van der Waals surface area contributed by atoms with Crippen molar-refractivity contribution in [3.05, 3.63) is 35.4 Å². The number of rotatable bonds is 2. The number of likely N-dealkylation sites (N-methyl/N-ethyl adjacent to an activating group) is 1. The smallest absolute Gasteiger partial charge is 0.326 e. The lowest BCUT2D eigenvalue weighted by Crippen LogP contribution is -2.47. The van der Waals surface area contributed by atoms with Crippen molar-refractivity contribution in [1.29, 1.82) is 0 Å². The van der Waals surface area contributed by atoms with Crippen molar-refractivity contribution in [1.82, 2.24) is 4.90 Å². The highest BCUT2D eigenvalue weighted by Crippen LogP contribution is 2.36. The van der Waals surface area contributed by atoms with Crippen LogP contribution in [0.2, 0.25) is 0 Å². The summed E-state index contributed by atoms with van der Waals surface area (Å²) in [5.74, 6) is 0.296. The second-order valence-electron chi connectivity index (χ2n) is 5.82. The maximum Gasteiger partial charge on any atom is 0.416 e. The highest BCUT2D eigenvalue weighted by atomic mass is 19.4. The van der Waals surface area contributed by atoms with Gasteiger partial charge in [0, 0.05) is 12.1 Å². The molecule has 3 atom stereocenters. The van der Waals surface area contributed by atoms with Crippen LogP contribution in [0.3, 0.4) is 0 Å². The number of halogens is 3. The van der Waals surface area contributed by atoms with E-state index in [0.29, 0.717) is 5.92 Å². The first-order chi connectivity index (χ1) is 9.29. The van der Waals surface area contributed by atoms with E-state index in [-0.39, 0.29) is 12.1 Å². The van der Waals surface area contributed by atoms with E-state index in [0.717, 1.165) is 24.8 Å². The van der Waals surface area contributed by atoms with Gasteiger partial charge in [0.2, 0.25) is 0 Å². The zero-order valence-corrected chi connectivity index (χ0v) is 11.8. The number of nitrogens with two attached hydrogens (primary N) is 1. The molecule has 1 fully saturated rings. The average molecular weight is 286 g/mol. The van der Waals surface area contributed by atoms with Crippen LogP contribution in [-0.2, 0) is 6.18 Å². The standard InChI is InChI=1S/C15H21F3N2/c1-20(2)14-9-11(5-8-13(14)19)10-3-6-12(7-4-10)15(16,17)18/h3-4,6-7,11,13-14H,5,8-9,19H2,1-2H3. The van der Waals surface area contributed by atoms with Crippen LogP contribution in [0.15, 0.2) is 24.3 Å². The Hall–Kier alpha value is -1.07.